The fraction of sp³-hybridized carbons (Fsp3) is 0.400. The lowest BCUT2D eigenvalue weighted by Crippen LogP contribution is -2.13. The lowest BCUT2D eigenvalue weighted by Gasteiger charge is -2.08. The van der Waals surface area contributed by atoms with Crippen molar-refractivity contribution in [1.29, 1.82) is 0 Å². The van der Waals surface area contributed by atoms with Crippen LogP contribution in [0.4, 0.5) is 5.69 Å². The van der Waals surface area contributed by atoms with Gasteiger partial charge in [-0.05, 0) is 11.6 Å². The van der Waals surface area contributed by atoms with Crippen LogP contribution in [0.15, 0.2) is 18.2 Å². The summed E-state index contributed by atoms with van der Waals surface area (Å²) in [5.74, 6) is 1.35. The number of methoxy groups -OCH3 is 1. The molecule has 1 unspecified atom stereocenters. The Labute approximate surface area is 77.9 Å². The van der Waals surface area contributed by atoms with E-state index in [4.69, 9.17) is 10.5 Å². The van der Waals surface area contributed by atoms with Crippen LogP contribution < -0.4 is 15.8 Å². The summed E-state index contributed by atoms with van der Waals surface area (Å²) in [6, 6.07) is 6.08. The molecule has 0 fully saturated rings. The van der Waals surface area contributed by atoms with Gasteiger partial charge in [-0.3, -0.25) is 0 Å². The maximum atomic E-state index is 5.66. The van der Waals surface area contributed by atoms with Gasteiger partial charge in [0.1, 0.15) is 5.75 Å². The molecule has 0 aromatic heterocycles. The van der Waals surface area contributed by atoms with Gasteiger partial charge in [0.2, 0.25) is 0 Å². The van der Waals surface area contributed by atoms with Gasteiger partial charge in [-0.1, -0.05) is 12.1 Å². The fourth-order valence-corrected chi connectivity index (χ4v) is 1.79. The number of ether oxygens (including phenoxy) is 1. The lowest BCUT2D eigenvalue weighted by molar-refractivity contribution is 0.416. The molecule has 3 N–H and O–H groups in total. The molecule has 70 valence electrons. The van der Waals surface area contributed by atoms with Crippen LogP contribution in [0.1, 0.15) is 11.5 Å². The van der Waals surface area contributed by atoms with E-state index in [9.17, 15) is 0 Å². The van der Waals surface area contributed by atoms with E-state index in [1.807, 2.05) is 12.1 Å². The van der Waals surface area contributed by atoms with Crippen LogP contribution in [-0.2, 0) is 0 Å². The van der Waals surface area contributed by atoms with Gasteiger partial charge in [-0.2, -0.15) is 0 Å². The average molecular weight is 178 g/mol. The van der Waals surface area contributed by atoms with Crippen molar-refractivity contribution in [1.82, 2.24) is 0 Å². The zero-order valence-electron chi connectivity index (χ0n) is 7.71. The third-order valence-corrected chi connectivity index (χ3v) is 2.53. The van der Waals surface area contributed by atoms with E-state index in [-0.39, 0.29) is 0 Å². The van der Waals surface area contributed by atoms with Crippen molar-refractivity contribution in [2.45, 2.75) is 5.92 Å². The fourth-order valence-electron chi connectivity index (χ4n) is 1.79. The molecular formula is C10H14N2O. The quantitative estimate of drug-likeness (QED) is 0.714. The third kappa shape index (κ3) is 1.25. The zero-order chi connectivity index (χ0) is 9.26. The van der Waals surface area contributed by atoms with Gasteiger partial charge in [0.25, 0.3) is 0 Å². The highest BCUT2D eigenvalue weighted by Crippen LogP contribution is 2.37. The molecule has 0 bridgehead atoms. The summed E-state index contributed by atoms with van der Waals surface area (Å²) in [7, 11) is 1.69. The smallest absolute Gasteiger partial charge is 0.142 e. The van der Waals surface area contributed by atoms with Gasteiger partial charge in [0.15, 0.2) is 0 Å². The normalized spacial score (nSPS) is 19.4. The molecule has 2 rings (SSSR count). The lowest BCUT2D eigenvalue weighted by atomic mass is 10.0. The van der Waals surface area contributed by atoms with Gasteiger partial charge in [0.05, 0.1) is 12.8 Å². The van der Waals surface area contributed by atoms with Crippen molar-refractivity contribution in [2.24, 2.45) is 5.73 Å². The predicted molar refractivity (Wildman–Crippen MR) is 53.3 cm³/mol. The van der Waals surface area contributed by atoms with Crippen LogP contribution in [0.5, 0.6) is 5.75 Å². The minimum Gasteiger partial charge on any atom is -0.495 e. The summed E-state index contributed by atoms with van der Waals surface area (Å²) in [5, 5.41) is 3.32. The van der Waals surface area contributed by atoms with E-state index in [0.717, 1.165) is 18.0 Å². The highest BCUT2D eigenvalue weighted by molar-refractivity contribution is 5.66. The number of fused-ring (bicyclic) bond motifs is 1. The van der Waals surface area contributed by atoms with Crippen LogP contribution in [0.25, 0.3) is 0 Å². The Morgan fingerprint density at radius 1 is 1.62 bits per heavy atom. The molecule has 1 atom stereocenters. The van der Waals surface area contributed by atoms with Gasteiger partial charge in [-0.15, -0.1) is 0 Å². The number of nitrogens with one attached hydrogen (secondary N) is 1. The van der Waals surface area contributed by atoms with Gasteiger partial charge in [-0.25, -0.2) is 0 Å². The Morgan fingerprint density at radius 3 is 3.15 bits per heavy atom. The Bertz CT molecular complexity index is 312. The molecule has 0 aliphatic carbocycles. The molecule has 1 aromatic carbocycles. The SMILES string of the molecule is COc1cccc2c1NCC2CN. The molecule has 0 amide bonds. The summed E-state index contributed by atoms with van der Waals surface area (Å²) in [4.78, 5) is 0. The molecule has 0 saturated carbocycles. The first-order valence-corrected chi connectivity index (χ1v) is 4.47. The summed E-state index contributed by atoms with van der Waals surface area (Å²) in [5.41, 5.74) is 8.05. The molecule has 3 heteroatoms. The Hall–Kier alpha value is -1.22. The van der Waals surface area contributed by atoms with E-state index in [1.165, 1.54) is 5.56 Å². The predicted octanol–water partition coefficient (Wildman–Crippen LogP) is 1.16. The molecule has 1 heterocycles. The van der Waals surface area contributed by atoms with Crippen molar-refractivity contribution in [3.05, 3.63) is 23.8 Å². The number of benzene rings is 1. The number of nitrogens with two attached hydrogens (primary N) is 1. The number of hydrogen-bond acceptors (Lipinski definition) is 3. The zero-order valence-corrected chi connectivity index (χ0v) is 7.71. The molecule has 13 heavy (non-hydrogen) atoms. The molecule has 1 aliphatic heterocycles. The maximum absolute atomic E-state index is 5.66. The second kappa shape index (κ2) is 3.26. The largest absolute Gasteiger partial charge is 0.495 e. The highest BCUT2D eigenvalue weighted by atomic mass is 16.5. The second-order valence-corrected chi connectivity index (χ2v) is 3.24. The number of anilines is 1. The van der Waals surface area contributed by atoms with Gasteiger partial charge >= 0.3 is 0 Å². The molecule has 1 aliphatic rings. The standard InChI is InChI=1S/C10H14N2O/c1-13-9-4-2-3-8-7(5-11)6-12-10(8)9/h2-4,7,12H,5-6,11H2,1H3. The van der Waals surface area contributed by atoms with Gasteiger partial charge < -0.3 is 15.8 Å². The van der Waals surface area contributed by atoms with E-state index < -0.39 is 0 Å². The molecular weight excluding hydrogens is 164 g/mol. The van der Waals surface area contributed by atoms with E-state index in [1.54, 1.807) is 7.11 Å². The monoisotopic (exact) mass is 178 g/mol. The number of para-hydroxylation sites is 1. The maximum Gasteiger partial charge on any atom is 0.142 e. The molecule has 0 saturated heterocycles. The summed E-state index contributed by atoms with van der Waals surface area (Å²) < 4.78 is 5.25. The summed E-state index contributed by atoms with van der Waals surface area (Å²) in [6.07, 6.45) is 0. The van der Waals surface area contributed by atoms with Crippen molar-refractivity contribution >= 4 is 5.69 Å². The van der Waals surface area contributed by atoms with Crippen LogP contribution in [0, 0.1) is 0 Å². The third-order valence-electron chi connectivity index (χ3n) is 2.53. The average Bonchev–Trinajstić information content (AvgIpc) is 2.60. The highest BCUT2D eigenvalue weighted by Gasteiger charge is 2.22. The molecule has 3 nitrogen and oxygen atoms in total. The minimum atomic E-state index is 0.435. The van der Waals surface area contributed by atoms with E-state index >= 15 is 0 Å². The molecule has 1 aromatic rings. The van der Waals surface area contributed by atoms with Crippen LogP contribution in [0.3, 0.4) is 0 Å². The molecule has 0 spiro atoms. The van der Waals surface area contributed by atoms with Crippen molar-refractivity contribution in [3.63, 3.8) is 0 Å². The van der Waals surface area contributed by atoms with E-state index in [0.29, 0.717) is 12.5 Å². The first kappa shape index (κ1) is 8.38. The Kier molecular flexibility index (Phi) is 2.10. The Morgan fingerprint density at radius 2 is 2.46 bits per heavy atom. The first-order valence-electron chi connectivity index (χ1n) is 4.47. The van der Waals surface area contributed by atoms with Crippen molar-refractivity contribution in [2.75, 3.05) is 25.5 Å². The van der Waals surface area contributed by atoms with Crippen LogP contribution in [0.2, 0.25) is 0 Å². The summed E-state index contributed by atoms with van der Waals surface area (Å²) >= 11 is 0. The van der Waals surface area contributed by atoms with Crippen LogP contribution >= 0.6 is 0 Å². The molecule has 0 radical (unpaired) electrons. The number of rotatable bonds is 2. The van der Waals surface area contributed by atoms with Gasteiger partial charge in [0, 0.05) is 19.0 Å². The van der Waals surface area contributed by atoms with Crippen molar-refractivity contribution < 1.29 is 4.74 Å². The minimum absolute atomic E-state index is 0.435. The first-order chi connectivity index (χ1) is 6.36. The number of hydrogen-bond donors (Lipinski definition) is 2. The van der Waals surface area contributed by atoms with Crippen molar-refractivity contribution in [3.8, 4) is 5.75 Å². The van der Waals surface area contributed by atoms with E-state index in [2.05, 4.69) is 11.4 Å². The Balaban J connectivity index is 2.43. The summed E-state index contributed by atoms with van der Waals surface area (Å²) in [6.45, 7) is 1.61. The second-order valence-electron chi connectivity index (χ2n) is 3.24. The van der Waals surface area contributed by atoms with Crippen LogP contribution in [-0.4, -0.2) is 20.2 Å². The topological polar surface area (TPSA) is 47.3 Å².